The smallest absolute Gasteiger partial charge is 0.243 e. The predicted molar refractivity (Wildman–Crippen MR) is 75.4 cm³/mol. The molecule has 0 aliphatic carbocycles. The number of amides is 1. The lowest BCUT2D eigenvalue weighted by atomic mass is 10.2. The van der Waals surface area contributed by atoms with Gasteiger partial charge in [-0.05, 0) is 19.1 Å². The van der Waals surface area contributed by atoms with E-state index in [0.29, 0.717) is 31.1 Å². The molecule has 20 heavy (non-hydrogen) atoms. The molecule has 0 spiro atoms. The number of primary amides is 1. The van der Waals surface area contributed by atoms with Crippen molar-refractivity contribution in [2.75, 3.05) is 26.2 Å². The van der Waals surface area contributed by atoms with Crippen molar-refractivity contribution in [2.24, 2.45) is 5.73 Å². The highest BCUT2D eigenvalue weighted by Gasteiger charge is 2.30. The summed E-state index contributed by atoms with van der Waals surface area (Å²) < 4.78 is 26.3. The molecule has 1 fully saturated rings. The van der Waals surface area contributed by atoms with Crippen LogP contribution in [-0.2, 0) is 14.8 Å². The molecule has 0 aromatic heterocycles. The van der Waals surface area contributed by atoms with Crippen molar-refractivity contribution in [3.63, 3.8) is 0 Å². The summed E-state index contributed by atoms with van der Waals surface area (Å²) in [5.74, 6) is -0.385. The van der Waals surface area contributed by atoms with Gasteiger partial charge in [-0.15, -0.1) is 0 Å². The second-order valence-electron chi connectivity index (χ2n) is 4.83. The molecule has 7 heteroatoms. The van der Waals surface area contributed by atoms with Crippen LogP contribution in [0.1, 0.15) is 6.92 Å². The van der Waals surface area contributed by atoms with Crippen molar-refractivity contribution < 1.29 is 13.2 Å². The molecule has 1 atom stereocenters. The van der Waals surface area contributed by atoms with Crippen LogP contribution in [0, 0.1) is 0 Å². The Morgan fingerprint density at radius 2 is 1.70 bits per heavy atom. The fourth-order valence-corrected chi connectivity index (χ4v) is 3.70. The zero-order chi connectivity index (χ0) is 14.8. The maximum absolute atomic E-state index is 12.4. The Bertz CT molecular complexity index is 566. The molecule has 1 aromatic rings. The molecule has 2 N–H and O–H groups in total. The number of carbonyl (C=O) groups excluding carboxylic acids is 1. The number of nitrogens with zero attached hydrogens (tertiary/aromatic N) is 2. The van der Waals surface area contributed by atoms with Gasteiger partial charge in [-0.2, -0.15) is 4.31 Å². The summed E-state index contributed by atoms with van der Waals surface area (Å²) in [5, 5.41) is 0. The van der Waals surface area contributed by atoms with Gasteiger partial charge in [0.2, 0.25) is 15.9 Å². The van der Waals surface area contributed by atoms with E-state index < -0.39 is 10.0 Å². The minimum atomic E-state index is -3.44. The lowest BCUT2D eigenvalue weighted by Gasteiger charge is -2.36. The van der Waals surface area contributed by atoms with Gasteiger partial charge in [0.1, 0.15) is 0 Å². The van der Waals surface area contributed by atoms with Gasteiger partial charge in [-0.25, -0.2) is 8.42 Å². The standard InChI is InChI=1S/C13H19N3O3S/c1-11(13(14)17)15-7-9-16(10-8-15)20(18,19)12-5-3-2-4-6-12/h2-6,11H,7-10H2,1H3,(H2,14,17)/t11-/m0/s1. The number of hydrogen-bond donors (Lipinski definition) is 1. The van der Waals surface area contributed by atoms with Crippen molar-refractivity contribution in [1.29, 1.82) is 0 Å². The fraction of sp³-hybridized carbons (Fsp3) is 0.462. The van der Waals surface area contributed by atoms with Gasteiger partial charge in [0.15, 0.2) is 0 Å². The predicted octanol–water partition coefficient (Wildman–Crippen LogP) is -0.133. The van der Waals surface area contributed by atoms with E-state index in [1.807, 2.05) is 4.90 Å². The van der Waals surface area contributed by atoms with Crippen LogP contribution < -0.4 is 5.73 Å². The van der Waals surface area contributed by atoms with E-state index in [0.717, 1.165) is 0 Å². The molecule has 1 saturated heterocycles. The topological polar surface area (TPSA) is 83.7 Å². The second-order valence-corrected chi connectivity index (χ2v) is 6.77. The van der Waals surface area contributed by atoms with E-state index in [-0.39, 0.29) is 11.9 Å². The number of carbonyl (C=O) groups is 1. The summed E-state index contributed by atoms with van der Waals surface area (Å²) in [6.45, 7) is 3.50. The summed E-state index contributed by atoms with van der Waals surface area (Å²) >= 11 is 0. The number of nitrogens with two attached hydrogens (primary N) is 1. The third kappa shape index (κ3) is 3.00. The summed E-state index contributed by atoms with van der Waals surface area (Å²) in [6, 6.07) is 8.01. The minimum absolute atomic E-state index is 0.302. The fourth-order valence-electron chi connectivity index (χ4n) is 2.25. The highest BCUT2D eigenvalue weighted by Crippen LogP contribution is 2.17. The van der Waals surface area contributed by atoms with Crippen LogP contribution >= 0.6 is 0 Å². The van der Waals surface area contributed by atoms with Crippen molar-refractivity contribution in [1.82, 2.24) is 9.21 Å². The highest BCUT2D eigenvalue weighted by molar-refractivity contribution is 7.89. The van der Waals surface area contributed by atoms with E-state index in [9.17, 15) is 13.2 Å². The molecular formula is C13H19N3O3S. The van der Waals surface area contributed by atoms with Crippen molar-refractivity contribution in [3.05, 3.63) is 30.3 Å². The van der Waals surface area contributed by atoms with E-state index in [1.165, 1.54) is 4.31 Å². The van der Waals surface area contributed by atoms with Crippen LogP contribution in [-0.4, -0.2) is 55.8 Å². The normalized spacial score (nSPS) is 19.6. The Balaban J connectivity index is 2.06. The second kappa shape index (κ2) is 5.90. The molecule has 1 aliphatic heterocycles. The quantitative estimate of drug-likeness (QED) is 0.839. The summed E-state index contributed by atoms with van der Waals surface area (Å²) in [6.07, 6.45) is 0. The SMILES string of the molecule is C[C@@H](C(N)=O)N1CCN(S(=O)(=O)c2ccccc2)CC1. The van der Waals surface area contributed by atoms with E-state index in [1.54, 1.807) is 37.3 Å². The van der Waals surface area contributed by atoms with Crippen molar-refractivity contribution in [2.45, 2.75) is 17.9 Å². The molecule has 110 valence electrons. The number of benzene rings is 1. The van der Waals surface area contributed by atoms with Crippen LogP contribution in [0.5, 0.6) is 0 Å². The monoisotopic (exact) mass is 297 g/mol. The van der Waals surface area contributed by atoms with Crippen LogP contribution in [0.4, 0.5) is 0 Å². The van der Waals surface area contributed by atoms with E-state index in [4.69, 9.17) is 5.73 Å². The van der Waals surface area contributed by atoms with Gasteiger partial charge >= 0.3 is 0 Å². The summed E-state index contributed by atoms with van der Waals surface area (Å²) in [4.78, 5) is 13.4. The van der Waals surface area contributed by atoms with Gasteiger partial charge in [0.25, 0.3) is 0 Å². The van der Waals surface area contributed by atoms with Crippen LogP contribution in [0.25, 0.3) is 0 Å². The lowest BCUT2D eigenvalue weighted by Crippen LogP contribution is -2.54. The molecule has 0 bridgehead atoms. The maximum atomic E-state index is 12.4. The Morgan fingerprint density at radius 3 is 2.20 bits per heavy atom. The number of rotatable bonds is 4. The Hall–Kier alpha value is -1.44. The third-order valence-corrected chi connectivity index (χ3v) is 5.53. The average molecular weight is 297 g/mol. The molecule has 1 aromatic carbocycles. The van der Waals surface area contributed by atoms with Gasteiger partial charge in [-0.1, -0.05) is 18.2 Å². The van der Waals surface area contributed by atoms with Crippen LogP contribution in [0.2, 0.25) is 0 Å². The molecule has 1 heterocycles. The van der Waals surface area contributed by atoms with Crippen molar-refractivity contribution in [3.8, 4) is 0 Å². The lowest BCUT2D eigenvalue weighted by molar-refractivity contribution is -0.123. The van der Waals surface area contributed by atoms with Crippen LogP contribution in [0.3, 0.4) is 0 Å². The zero-order valence-electron chi connectivity index (χ0n) is 11.4. The van der Waals surface area contributed by atoms with Gasteiger partial charge < -0.3 is 5.73 Å². The Morgan fingerprint density at radius 1 is 1.15 bits per heavy atom. The molecule has 0 radical (unpaired) electrons. The molecule has 2 rings (SSSR count). The molecule has 1 amide bonds. The van der Waals surface area contributed by atoms with Crippen LogP contribution in [0.15, 0.2) is 35.2 Å². The number of hydrogen-bond acceptors (Lipinski definition) is 4. The Labute approximate surface area is 119 Å². The molecule has 0 unspecified atom stereocenters. The number of piperazine rings is 1. The maximum Gasteiger partial charge on any atom is 0.243 e. The summed E-state index contributed by atoms with van der Waals surface area (Å²) in [5.41, 5.74) is 5.27. The largest absolute Gasteiger partial charge is 0.368 e. The van der Waals surface area contributed by atoms with Gasteiger partial charge in [0, 0.05) is 26.2 Å². The molecule has 1 aliphatic rings. The first-order chi connectivity index (χ1) is 9.43. The minimum Gasteiger partial charge on any atom is -0.368 e. The summed E-state index contributed by atoms with van der Waals surface area (Å²) in [7, 11) is -3.44. The van der Waals surface area contributed by atoms with E-state index >= 15 is 0 Å². The highest BCUT2D eigenvalue weighted by atomic mass is 32.2. The first-order valence-corrected chi connectivity index (χ1v) is 7.95. The molecular weight excluding hydrogens is 278 g/mol. The number of sulfonamides is 1. The average Bonchev–Trinajstić information content (AvgIpc) is 2.47. The van der Waals surface area contributed by atoms with E-state index in [2.05, 4.69) is 0 Å². The van der Waals surface area contributed by atoms with Gasteiger partial charge in [-0.3, -0.25) is 9.69 Å². The van der Waals surface area contributed by atoms with Gasteiger partial charge in [0.05, 0.1) is 10.9 Å². The third-order valence-electron chi connectivity index (χ3n) is 3.61. The Kier molecular flexibility index (Phi) is 4.42. The first kappa shape index (κ1) is 15.0. The molecule has 0 saturated carbocycles. The first-order valence-electron chi connectivity index (χ1n) is 6.51. The zero-order valence-corrected chi connectivity index (χ0v) is 12.2. The molecule has 6 nitrogen and oxygen atoms in total. The van der Waals surface area contributed by atoms with Crippen molar-refractivity contribution >= 4 is 15.9 Å².